The Morgan fingerprint density at radius 2 is 1.87 bits per heavy atom. The second-order valence-corrected chi connectivity index (χ2v) is 7.28. The van der Waals surface area contributed by atoms with Crippen molar-refractivity contribution >= 4 is 17.8 Å². The minimum absolute atomic E-state index is 0.0307. The van der Waals surface area contributed by atoms with E-state index in [2.05, 4.69) is 5.32 Å². The summed E-state index contributed by atoms with van der Waals surface area (Å²) in [5.41, 5.74) is 0.799. The summed E-state index contributed by atoms with van der Waals surface area (Å²) in [6, 6.07) is 11.0. The third kappa shape index (κ3) is 5.20. The van der Waals surface area contributed by atoms with Crippen molar-refractivity contribution in [3.63, 3.8) is 0 Å². The number of halogens is 2. The van der Waals surface area contributed by atoms with Gasteiger partial charge in [0.25, 0.3) is 0 Å². The molecule has 8 heteroatoms. The van der Waals surface area contributed by atoms with E-state index in [1.54, 1.807) is 24.3 Å². The van der Waals surface area contributed by atoms with Gasteiger partial charge in [-0.1, -0.05) is 42.5 Å². The molecule has 30 heavy (non-hydrogen) atoms. The molecular weight excluding hydrogens is 394 g/mol. The van der Waals surface area contributed by atoms with Crippen LogP contribution in [-0.2, 0) is 27.3 Å². The topological polar surface area (TPSA) is 86.7 Å². The van der Waals surface area contributed by atoms with Crippen LogP contribution in [0.25, 0.3) is 0 Å². The van der Waals surface area contributed by atoms with Crippen LogP contribution in [0.3, 0.4) is 0 Å². The lowest BCUT2D eigenvalue weighted by Crippen LogP contribution is -2.45. The minimum atomic E-state index is -1.16. The Hall–Kier alpha value is -3.29. The predicted octanol–water partition coefficient (Wildman–Crippen LogP) is 2.66. The number of carbonyl (C=O) groups excluding carboxylic acids is 2. The summed E-state index contributed by atoms with van der Waals surface area (Å²) in [4.78, 5) is 37.6. The lowest BCUT2D eigenvalue weighted by atomic mass is 10.0. The van der Waals surface area contributed by atoms with Gasteiger partial charge in [-0.3, -0.25) is 9.59 Å². The van der Waals surface area contributed by atoms with Gasteiger partial charge in [-0.2, -0.15) is 0 Å². The number of hydrogen-bond donors (Lipinski definition) is 2. The van der Waals surface area contributed by atoms with Crippen LogP contribution in [0.5, 0.6) is 0 Å². The van der Waals surface area contributed by atoms with E-state index in [4.69, 9.17) is 0 Å². The van der Waals surface area contributed by atoms with Gasteiger partial charge in [0.15, 0.2) is 11.6 Å². The standard InChI is InChI=1S/C22H22F2N2O4/c23-17-8-4-7-15(21(17)24)13-26-16(9-10-20(26)28)12-19(27)25-18(22(29)30)11-14-5-2-1-3-6-14/h1-8,16,18H,9-13H2,(H,25,27)(H,29,30)/t16-,18-/m1/s1. The Labute approximate surface area is 172 Å². The fourth-order valence-corrected chi connectivity index (χ4v) is 3.59. The second-order valence-electron chi connectivity index (χ2n) is 7.28. The van der Waals surface area contributed by atoms with Gasteiger partial charge >= 0.3 is 5.97 Å². The molecule has 0 aromatic heterocycles. The van der Waals surface area contributed by atoms with Crippen LogP contribution < -0.4 is 5.32 Å². The number of amides is 2. The molecule has 2 amide bonds. The van der Waals surface area contributed by atoms with Gasteiger partial charge < -0.3 is 15.3 Å². The average Bonchev–Trinajstić information content (AvgIpc) is 3.05. The normalized spacial score (nSPS) is 17.1. The summed E-state index contributed by atoms with van der Waals surface area (Å²) >= 11 is 0. The molecule has 0 aliphatic carbocycles. The van der Waals surface area contributed by atoms with Gasteiger partial charge in [0.2, 0.25) is 11.8 Å². The molecule has 0 radical (unpaired) electrons. The van der Waals surface area contributed by atoms with E-state index in [1.165, 1.54) is 17.0 Å². The van der Waals surface area contributed by atoms with Crippen molar-refractivity contribution < 1.29 is 28.3 Å². The van der Waals surface area contributed by atoms with Crippen LogP contribution in [0.1, 0.15) is 30.4 Å². The number of carbonyl (C=O) groups is 3. The summed E-state index contributed by atoms with van der Waals surface area (Å²) in [6.45, 7) is -0.146. The molecule has 0 spiro atoms. The molecule has 158 valence electrons. The third-order valence-electron chi connectivity index (χ3n) is 5.16. The van der Waals surface area contributed by atoms with E-state index >= 15 is 0 Å². The Morgan fingerprint density at radius 3 is 2.57 bits per heavy atom. The molecule has 2 N–H and O–H groups in total. The molecule has 3 rings (SSSR count). The van der Waals surface area contributed by atoms with Crippen molar-refractivity contribution in [2.45, 2.75) is 44.3 Å². The molecule has 1 heterocycles. The highest BCUT2D eigenvalue weighted by Crippen LogP contribution is 2.25. The van der Waals surface area contributed by atoms with Crippen LogP contribution >= 0.6 is 0 Å². The minimum Gasteiger partial charge on any atom is -0.480 e. The van der Waals surface area contributed by atoms with Gasteiger partial charge in [-0.05, 0) is 18.1 Å². The monoisotopic (exact) mass is 416 g/mol. The van der Waals surface area contributed by atoms with Crippen molar-refractivity contribution in [1.29, 1.82) is 0 Å². The van der Waals surface area contributed by atoms with Crippen LogP contribution in [-0.4, -0.2) is 39.9 Å². The number of carboxylic acids is 1. The van der Waals surface area contributed by atoms with Crippen molar-refractivity contribution in [2.24, 2.45) is 0 Å². The van der Waals surface area contributed by atoms with E-state index in [0.29, 0.717) is 6.42 Å². The van der Waals surface area contributed by atoms with Crippen molar-refractivity contribution in [3.8, 4) is 0 Å². The molecule has 1 fully saturated rings. The molecule has 6 nitrogen and oxygen atoms in total. The first-order chi connectivity index (χ1) is 14.3. The van der Waals surface area contributed by atoms with Gasteiger partial charge in [-0.25, -0.2) is 13.6 Å². The predicted molar refractivity (Wildman–Crippen MR) is 104 cm³/mol. The van der Waals surface area contributed by atoms with Gasteiger partial charge in [0.1, 0.15) is 6.04 Å². The number of hydrogen-bond acceptors (Lipinski definition) is 3. The van der Waals surface area contributed by atoms with Crippen molar-refractivity contribution in [1.82, 2.24) is 10.2 Å². The molecule has 1 aliphatic rings. The van der Waals surface area contributed by atoms with Gasteiger partial charge in [0, 0.05) is 37.4 Å². The van der Waals surface area contributed by atoms with Gasteiger partial charge in [0.05, 0.1) is 0 Å². The second kappa shape index (κ2) is 9.47. The van der Waals surface area contributed by atoms with E-state index in [9.17, 15) is 28.3 Å². The lowest BCUT2D eigenvalue weighted by molar-refractivity contribution is -0.142. The first kappa shape index (κ1) is 21.4. The van der Waals surface area contributed by atoms with Crippen LogP contribution in [0.15, 0.2) is 48.5 Å². The molecule has 0 saturated carbocycles. The van der Waals surface area contributed by atoms with Crippen molar-refractivity contribution in [3.05, 3.63) is 71.3 Å². The Morgan fingerprint density at radius 1 is 1.13 bits per heavy atom. The Balaban J connectivity index is 1.64. The summed E-state index contributed by atoms with van der Waals surface area (Å²) < 4.78 is 27.4. The van der Waals surface area contributed by atoms with Gasteiger partial charge in [-0.15, -0.1) is 0 Å². The molecule has 1 aliphatic heterocycles. The highest BCUT2D eigenvalue weighted by Gasteiger charge is 2.34. The zero-order valence-corrected chi connectivity index (χ0v) is 16.2. The van der Waals surface area contributed by atoms with Crippen molar-refractivity contribution in [2.75, 3.05) is 0 Å². The first-order valence-electron chi connectivity index (χ1n) is 9.63. The average molecular weight is 416 g/mol. The molecule has 2 aromatic rings. The zero-order valence-electron chi connectivity index (χ0n) is 16.2. The maximum absolute atomic E-state index is 14.0. The fourth-order valence-electron chi connectivity index (χ4n) is 3.59. The number of aliphatic carboxylic acids is 1. The first-order valence-corrected chi connectivity index (χ1v) is 9.63. The number of nitrogens with one attached hydrogen (secondary N) is 1. The van der Waals surface area contributed by atoms with E-state index < -0.39 is 35.6 Å². The Bertz CT molecular complexity index is 936. The molecular formula is C22H22F2N2O4. The molecule has 2 atom stereocenters. The summed E-state index contributed by atoms with van der Waals surface area (Å²) in [5, 5.41) is 11.9. The largest absolute Gasteiger partial charge is 0.480 e. The number of carboxylic acid groups (broad SMARTS) is 1. The molecule has 0 bridgehead atoms. The molecule has 2 aromatic carbocycles. The van der Waals surface area contributed by atoms with Crippen LogP contribution in [0.2, 0.25) is 0 Å². The SMILES string of the molecule is O=C(C[C@H]1CCC(=O)N1Cc1cccc(F)c1F)N[C@H](Cc1ccccc1)C(=O)O. The highest BCUT2D eigenvalue weighted by molar-refractivity contribution is 5.85. The lowest BCUT2D eigenvalue weighted by Gasteiger charge is -2.25. The van der Waals surface area contributed by atoms with E-state index in [0.717, 1.165) is 11.6 Å². The fraction of sp³-hybridized carbons (Fsp3) is 0.318. The molecule has 1 saturated heterocycles. The summed E-state index contributed by atoms with van der Waals surface area (Å²) in [7, 11) is 0. The Kier molecular flexibility index (Phi) is 6.76. The quantitative estimate of drug-likeness (QED) is 0.693. The van der Waals surface area contributed by atoms with Crippen LogP contribution in [0.4, 0.5) is 8.78 Å². The number of rotatable bonds is 8. The number of benzene rings is 2. The zero-order chi connectivity index (χ0) is 21.7. The maximum atomic E-state index is 14.0. The summed E-state index contributed by atoms with van der Waals surface area (Å²) in [5.74, 6) is -3.94. The van der Waals surface area contributed by atoms with E-state index in [1.807, 2.05) is 6.07 Å². The number of likely N-dealkylation sites (tertiary alicyclic amines) is 1. The summed E-state index contributed by atoms with van der Waals surface area (Å²) in [6.07, 6.45) is 0.603. The smallest absolute Gasteiger partial charge is 0.326 e. The number of nitrogens with zero attached hydrogens (tertiary/aromatic N) is 1. The molecule has 0 unspecified atom stereocenters. The van der Waals surface area contributed by atoms with E-state index in [-0.39, 0.29) is 37.3 Å². The maximum Gasteiger partial charge on any atom is 0.326 e. The highest BCUT2D eigenvalue weighted by atomic mass is 19.2. The third-order valence-corrected chi connectivity index (χ3v) is 5.16. The van der Waals surface area contributed by atoms with Crippen LogP contribution in [0, 0.1) is 11.6 Å².